The van der Waals surface area contributed by atoms with E-state index in [4.69, 9.17) is 0 Å². The minimum absolute atomic E-state index is 0.0711. The van der Waals surface area contributed by atoms with Crippen molar-refractivity contribution in [3.05, 3.63) is 58.6 Å². The molecule has 0 atom stereocenters. The van der Waals surface area contributed by atoms with Crippen molar-refractivity contribution in [3.8, 4) is 0 Å². The molecule has 0 spiro atoms. The Morgan fingerprint density at radius 1 is 1.03 bits per heavy atom. The molecule has 160 valence electrons. The lowest BCUT2D eigenvalue weighted by Gasteiger charge is -2.12. The molecule has 2 aromatic rings. The number of rotatable bonds is 8. The highest BCUT2D eigenvalue weighted by atomic mass is 79.9. The van der Waals surface area contributed by atoms with Gasteiger partial charge < -0.3 is 10.6 Å². The van der Waals surface area contributed by atoms with E-state index >= 15 is 0 Å². The number of halogens is 1. The molecule has 30 heavy (non-hydrogen) atoms. The van der Waals surface area contributed by atoms with Gasteiger partial charge in [-0.25, -0.2) is 8.42 Å². The summed E-state index contributed by atoms with van der Waals surface area (Å²) in [7, 11) is -3.77. The summed E-state index contributed by atoms with van der Waals surface area (Å²) in [5.41, 5.74) is 0.590. The highest BCUT2D eigenvalue weighted by Gasteiger charge is 2.17. The third-order valence-electron chi connectivity index (χ3n) is 4.86. The second-order valence-corrected chi connectivity index (χ2v) is 9.79. The Labute approximate surface area is 184 Å². The van der Waals surface area contributed by atoms with Crippen LogP contribution in [0.15, 0.2) is 57.9 Å². The van der Waals surface area contributed by atoms with Gasteiger partial charge in [0, 0.05) is 34.7 Å². The predicted molar refractivity (Wildman–Crippen MR) is 119 cm³/mol. The number of carbonyl (C=O) groups excluding carboxylic acids is 2. The molecule has 2 amide bonds. The van der Waals surface area contributed by atoms with E-state index in [-0.39, 0.29) is 41.4 Å². The second-order valence-electron chi connectivity index (χ2n) is 7.20. The van der Waals surface area contributed by atoms with Crippen molar-refractivity contribution >= 4 is 43.5 Å². The van der Waals surface area contributed by atoms with Gasteiger partial charge in [-0.1, -0.05) is 34.8 Å². The van der Waals surface area contributed by atoms with Crippen LogP contribution in [-0.4, -0.2) is 32.8 Å². The normalized spacial score (nSPS) is 14.3. The van der Waals surface area contributed by atoms with Crippen molar-refractivity contribution in [1.82, 2.24) is 10.6 Å². The zero-order valence-corrected chi connectivity index (χ0v) is 18.8. The molecule has 9 heteroatoms. The SMILES string of the molecule is O=C(CCNC(=O)c1cccc(NS(=O)(=O)c2ccc(Br)cc2)c1)NC1CCCC1. The molecule has 0 saturated heterocycles. The minimum atomic E-state index is -3.77. The van der Waals surface area contributed by atoms with E-state index in [2.05, 4.69) is 31.3 Å². The van der Waals surface area contributed by atoms with E-state index in [0.717, 1.165) is 30.2 Å². The topological polar surface area (TPSA) is 104 Å². The van der Waals surface area contributed by atoms with Crippen molar-refractivity contribution in [2.75, 3.05) is 11.3 Å². The lowest BCUT2D eigenvalue weighted by molar-refractivity contribution is -0.121. The maximum absolute atomic E-state index is 12.5. The Balaban J connectivity index is 1.54. The summed E-state index contributed by atoms with van der Waals surface area (Å²) in [4.78, 5) is 24.4. The molecule has 1 aliphatic carbocycles. The van der Waals surface area contributed by atoms with E-state index in [0.29, 0.717) is 5.56 Å². The maximum Gasteiger partial charge on any atom is 0.261 e. The van der Waals surface area contributed by atoms with Crippen LogP contribution in [-0.2, 0) is 14.8 Å². The molecule has 3 N–H and O–H groups in total. The number of sulfonamides is 1. The molecule has 1 saturated carbocycles. The average molecular weight is 494 g/mol. The Bertz CT molecular complexity index is 1000. The zero-order chi connectivity index (χ0) is 21.6. The van der Waals surface area contributed by atoms with Gasteiger partial charge >= 0.3 is 0 Å². The average Bonchev–Trinajstić information content (AvgIpc) is 3.21. The first kappa shape index (κ1) is 22.3. The van der Waals surface area contributed by atoms with Crippen LogP contribution in [0.25, 0.3) is 0 Å². The summed E-state index contributed by atoms with van der Waals surface area (Å²) in [5.74, 6) is -0.438. The van der Waals surface area contributed by atoms with E-state index in [1.165, 1.54) is 18.2 Å². The van der Waals surface area contributed by atoms with Gasteiger partial charge in [-0.3, -0.25) is 14.3 Å². The monoisotopic (exact) mass is 493 g/mol. The molecule has 7 nitrogen and oxygen atoms in total. The highest BCUT2D eigenvalue weighted by Crippen LogP contribution is 2.20. The summed E-state index contributed by atoms with van der Waals surface area (Å²) in [6, 6.07) is 12.7. The van der Waals surface area contributed by atoms with Gasteiger partial charge in [-0.2, -0.15) is 0 Å². The third kappa shape index (κ3) is 6.30. The largest absolute Gasteiger partial charge is 0.353 e. The summed E-state index contributed by atoms with van der Waals surface area (Å²) >= 11 is 3.27. The predicted octanol–water partition coefficient (Wildman–Crippen LogP) is 3.43. The Morgan fingerprint density at radius 2 is 1.73 bits per heavy atom. The fourth-order valence-corrected chi connectivity index (χ4v) is 4.63. The van der Waals surface area contributed by atoms with Crippen LogP contribution >= 0.6 is 15.9 Å². The lowest BCUT2D eigenvalue weighted by Crippen LogP contribution is -2.35. The summed E-state index contributed by atoms with van der Waals surface area (Å²) in [5, 5.41) is 5.68. The smallest absolute Gasteiger partial charge is 0.261 e. The van der Waals surface area contributed by atoms with Crippen LogP contribution in [0.3, 0.4) is 0 Å². The second kappa shape index (κ2) is 10.1. The van der Waals surface area contributed by atoms with Gasteiger partial charge in [-0.05, 0) is 55.3 Å². The zero-order valence-electron chi connectivity index (χ0n) is 16.4. The van der Waals surface area contributed by atoms with Crippen LogP contribution < -0.4 is 15.4 Å². The van der Waals surface area contributed by atoms with E-state index < -0.39 is 10.0 Å². The standard InChI is InChI=1S/C21H24BrN3O4S/c22-16-8-10-19(11-9-16)30(28,29)25-18-7-3-4-15(14-18)21(27)23-13-12-20(26)24-17-5-1-2-6-17/h3-4,7-11,14,17,25H,1-2,5-6,12-13H2,(H,23,27)(H,24,26). The Morgan fingerprint density at radius 3 is 2.43 bits per heavy atom. The van der Waals surface area contributed by atoms with Gasteiger partial charge in [-0.15, -0.1) is 0 Å². The number of hydrogen-bond donors (Lipinski definition) is 3. The molecule has 0 bridgehead atoms. The molecule has 1 fully saturated rings. The fourth-order valence-electron chi connectivity index (χ4n) is 3.31. The first-order valence-electron chi connectivity index (χ1n) is 9.79. The number of carbonyl (C=O) groups is 2. The quantitative estimate of drug-likeness (QED) is 0.523. The van der Waals surface area contributed by atoms with Crippen molar-refractivity contribution in [1.29, 1.82) is 0 Å². The molecule has 1 aliphatic rings. The van der Waals surface area contributed by atoms with Gasteiger partial charge in [0.1, 0.15) is 0 Å². The van der Waals surface area contributed by atoms with Crippen LogP contribution in [0.1, 0.15) is 42.5 Å². The molecule has 2 aromatic carbocycles. The van der Waals surface area contributed by atoms with E-state index in [1.807, 2.05) is 0 Å². The number of amides is 2. The Hall–Kier alpha value is -2.39. The van der Waals surface area contributed by atoms with Crippen LogP contribution in [0.2, 0.25) is 0 Å². The number of benzene rings is 2. The van der Waals surface area contributed by atoms with Gasteiger partial charge in [0.25, 0.3) is 15.9 Å². The first-order valence-corrected chi connectivity index (χ1v) is 12.1. The van der Waals surface area contributed by atoms with E-state index in [9.17, 15) is 18.0 Å². The van der Waals surface area contributed by atoms with Crippen molar-refractivity contribution in [2.45, 2.75) is 43.0 Å². The van der Waals surface area contributed by atoms with Crippen LogP contribution in [0, 0.1) is 0 Å². The molecule has 0 radical (unpaired) electrons. The summed E-state index contributed by atoms with van der Waals surface area (Å²) in [6.45, 7) is 0.215. The fraction of sp³-hybridized carbons (Fsp3) is 0.333. The van der Waals surface area contributed by atoms with Gasteiger partial charge in [0.05, 0.1) is 4.90 Å². The number of hydrogen-bond acceptors (Lipinski definition) is 4. The first-order chi connectivity index (χ1) is 14.3. The van der Waals surface area contributed by atoms with Crippen molar-refractivity contribution < 1.29 is 18.0 Å². The van der Waals surface area contributed by atoms with E-state index in [1.54, 1.807) is 30.3 Å². The molecule has 3 rings (SSSR count). The molecule has 0 heterocycles. The van der Waals surface area contributed by atoms with Crippen molar-refractivity contribution in [2.24, 2.45) is 0 Å². The van der Waals surface area contributed by atoms with Gasteiger partial charge in [0.2, 0.25) is 5.91 Å². The molecular weight excluding hydrogens is 470 g/mol. The summed E-state index contributed by atoms with van der Waals surface area (Å²) in [6.07, 6.45) is 4.52. The molecule has 0 aromatic heterocycles. The van der Waals surface area contributed by atoms with Crippen molar-refractivity contribution in [3.63, 3.8) is 0 Å². The minimum Gasteiger partial charge on any atom is -0.353 e. The lowest BCUT2D eigenvalue weighted by atomic mass is 10.2. The summed E-state index contributed by atoms with van der Waals surface area (Å²) < 4.78 is 28.3. The number of anilines is 1. The molecular formula is C21H24BrN3O4S. The number of nitrogens with one attached hydrogen (secondary N) is 3. The highest BCUT2D eigenvalue weighted by molar-refractivity contribution is 9.10. The molecule has 0 aliphatic heterocycles. The van der Waals surface area contributed by atoms with Crippen LogP contribution in [0.4, 0.5) is 5.69 Å². The maximum atomic E-state index is 12.5. The molecule has 0 unspecified atom stereocenters. The Kier molecular flexibility index (Phi) is 7.49. The van der Waals surface area contributed by atoms with Gasteiger partial charge in [0.15, 0.2) is 0 Å². The third-order valence-corrected chi connectivity index (χ3v) is 6.78. The van der Waals surface area contributed by atoms with Crippen LogP contribution in [0.5, 0.6) is 0 Å².